The van der Waals surface area contributed by atoms with Crippen LogP contribution in [0.3, 0.4) is 0 Å². The van der Waals surface area contributed by atoms with Crippen LogP contribution in [0.15, 0.2) is 77.5 Å². The maximum absolute atomic E-state index is 13.2. The van der Waals surface area contributed by atoms with E-state index in [4.69, 9.17) is 32.7 Å². The minimum atomic E-state index is -0.745. The number of esters is 1. The number of nitrogens with one attached hydrogen (secondary N) is 2. The second kappa shape index (κ2) is 11.6. The molecule has 0 atom stereocenters. The van der Waals surface area contributed by atoms with Crippen LogP contribution in [0.5, 0.6) is 5.75 Å². The third-order valence-electron chi connectivity index (χ3n) is 5.54. The van der Waals surface area contributed by atoms with E-state index in [1.807, 2.05) is 0 Å². The number of halogens is 2. The molecule has 0 aliphatic carbocycles. The van der Waals surface area contributed by atoms with E-state index in [0.29, 0.717) is 27.7 Å². The molecule has 11 heteroatoms. The maximum atomic E-state index is 13.2. The fourth-order valence-electron chi connectivity index (χ4n) is 3.72. The number of amides is 3. The van der Waals surface area contributed by atoms with Gasteiger partial charge in [-0.25, -0.2) is 9.69 Å². The summed E-state index contributed by atoms with van der Waals surface area (Å²) in [6, 6.07) is 17.0. The van der Waals surface area contributed by atoms with Gasteiger partial charge >= 0.3 is 5.97 Å². The number of hydrogen-bond acceptors (Lipinski definition) is 7. The van der Waals surface area contributed by atoms with Crippen LogP contribution in [0.25, 0.3) is 0 Å². The molecule has 200 valence electrons. The van der Waals surface area contributed by atoms with Gasteiger partial charge in [-0.1, -0.05) is 29.3 Å². The van der Waals surface area contributed by atoms with E-state index in [-0.39, 0.29) is 28.1 Å². The lowest BCUT2D eigenvalue weighted by atomic mass is 10.1. The first-order chi connectivity index (χ1) is 18.6. The number of anilines is 3. The summed E-state index contributed by atoms with van der Waals surface area (Å²) in [5.74, 6) is -1.99. The molecule has 3 aromatic carbocycles. The van der Waals surface area contributed by atoms with E-state index in [1.165, 1.54) is 43.5 Å². The van der Waals surface area contributed by atoms with E-state index in [0.717, 1.165) is 4.90 Å². The molecular formula is C28H23Cl2N3O6. The first kappa shape index (κ1) is 27.7. The van der Waals surface area contributed by atoms with Crippen LogP contribution in [0, 0.1) is 0 Å². The molecule has 39 heavy (non-hydrogen) atoms. The lowest BCUT2D eigenvalue weighted by Crippen LogP contribution is -2.32. The van der Waals surface area contributed by atoms with Crippen molar-refractivity contribution < 1.29 is 28.7 Å². The topological polar surface area (TPSA) is 114 Å². The van der Waals surface area contributed by atoms with Crippen LogP contribution in [-0.4, -0.2) is 36.9 Å². The SMILES string of the molecule is COc1ccc(Cl)cc1NC(=O)c1ccc(NC2=C(Cl)C(=O)N(c3cccc(C(=O)OC(C)C)c3)C2=O)cc1. The fraction of sp³-hybridized carbons (Fsp3) is 0.143. The highest BCUT2D eigenvalue weighted by Gasteiger charge is 2.39. The molecule has 0 aromatic heterocycles. The van der Waals surface area contributed by atoms with Gasteiger partial charge in [0.15, 0.2) is 0 Å². The Morgan fingerprint density at radius 2 is 1.62 bits per heavy atom. The average molecular weight is 568 g/mol. The lowest BCUT2D eigenvalue weighted by molar-refractivity contribution is -0.120. The normalized spacial score (nSPS) is 13.1. The van der Waals surface area contributed by atoms with Crippen molar-refractivity contribution in [2.75, 3.05) is 22.6 Å². The Bertz CT molecular complexity index is 1500. The van der Waals surface area contributed by atoms with Gasteiger partial charge in [0.1, 0.15) is 16.5 Å². The number of rotatable bonds is 8. The minimum Gasteiger partial charge on any atom is -0.495 e. The van der Waals surface area contributed by atoms with Crippen molar-refractivity contribution in [2.45, 2.75) is 20.0 Å². The van der Waals surface area contributed by atoms with Crippen LogP contribution in [0.4, 0.5) is 17.1 Å². The molecule has 1 heterocycles. The minimum absolute atomic E-state index is 0.141. The summed E-state index contributed by atoms with van der Waals surface area (Å²) in [6.07, 6.45) is -0.333. The second-order valence-electron chi connectivity index (χ2n) is 8.64. The lowest BCUT2D eigenvalue weighted by Gasteiger charge is -2.16. The van der Waals surface area contributed by atoms with Gasteiger partial charge in [-0.05, 0) is 74.5 Å². The van der Waals surface area contributed by atoms with Crippen LogP contribution < -0.4 is 20.3 Å². The standard InChI is InChI=1S/C28H23Cl2N3O6/c1-15(2)39-28(37)17-5-4-6-20(13-17)33-26(35)23(30)24(27(33)36)31-19-10-7-16(8-11-19)25(34)32-21-14-18(29)9-12-22(21)38-3/h4-15,31H,1-3H3,(H,32,34). The fourth-order valence-corrected chi connectivity index (χ4v) is 4.11. The van der Waals surface area contributed by atoms with Gasteiger partial charge in [0.2, 0.25) is 0 Å². The van der Waals surface area contributed by atoms with Gasteiger partial charge < -0.3 is 20.1 Å². The summed E-state index contributed by atoms with van der Waals surface area (Å²) in [4.78, 5) is 51.9. The first-order valence-corrected chi connectivity index (χ1v) is 12.5. The third kappa shape index (κ3) is 6.05. The van der Waals surface area contributed by atoms with E-state index < -0.39 is 23.7 Å². The quantitative estimate of drug-likeness (QED) is 0.269. The summed E-state index contributed by atoms with van der Waals surface area (Å²) in [5, 5.41) is 5.71. The van der Waals surface area contributed by atoms with Gasteiger partial charge in [-0.3, -0.25) is 14.4 Å². The molecule has 9 nitrogen and oxygen atoms in total. The van der Waals surface area contributed by atoms with Gasteiger partial charge in [0.25, 0.3) is 17.7 Å². The largest absolute Gasteiger partial charge is 0.495 e. The highest BCUT2D eigenvalue weighted by molar-refractivity contribution is 6.53. The molecule has 2 N–H and O–H groups in total. The molecular weight excluding hydrogens is 545 g/mol. The number of nitrogens with zero attached hydrogens (tertiary/aromatic N) is 1. The van der Waals surface area contributed by atoms with Crippen molar-refractivity contribution in [3.8, 4) is 5.75 Å². The number of methoxy groups -OCH3 is 1. The Balaban J connectivity index is 1.48. The summed E-state index contributed by atoms with van der Waals surface area (Å²) >= 11 is 12.3. The van der Waals surface area contributed by atoms with Gasteiger partial charge in [0.05, 0.1) is 30.2 Å². The highest BCUT2D eigenvalue weighted by Crippen LogP contribution is 2.31. The van der Waals surface area contributed by atoms with Gasteiger partial charge in [-0.2, -0.15) is 0 Å². The predicted octanol–water partition coefficient (Wildman–Crippen LogP) is 5.60. The number of carbonyl (C=O) groups excluding carboxylic acids is 4. The van der Waals surface area contributed by atoms with Crippen molar-refractivity contribution in [1.82, 2.24) is 0 Å². The van der Waals surface area contributed by atoms with Crippen LogP contribution in [0.1, 0.15) is 34.6 Å². The molecule has 0 unspecified atom stereocenters. The van der Waals surface area contributed by atoms with E-state index in [2.05, 4.69) is 10.6 Å². The van der Waals surface area contributed by atoms with Crippen molar-refractivity contribution >= 4 is 64.0 Å². The molecule has 1 aliphatic heterocycles. The number of hydrogen-bond donors (Lipinski definition) is 2. The highest BCUT2D eigenvalue weighted by atomic mass is 35.5. The number of carbonyl (C=O) groups is 4. The zero-order valence-corrected chi connectivity index (χ0v) is 22.6. The van der Waals surface area contributed by atoms with Crippen molar-refractivity contribution in [3.05, 3.63) is 93.6 Å². The Labute approximate surface area is 234 Å². The molecule has 0 saturated heterocycles. The number of ether oxygens (including phenoxy) is 2. The van der Waals surface area contributed by atoms with Crippen LogP contribution in [-0.2, 0) is 14.3 Å². The molecule has 3 aromatic rings. The van der Waals surface area contributed by atoms with Crippen LogP contribution in [0.2, 0.25) is 5.02 Å². The molecule has 0 spiro atoms. The predicted molar refractivity (Wildman–Crippen MR) is 148 cm³/mol. The van der Waals surface area contributed by atoms with Crippen molar-refractivity contribution in [1.29, 1.82) is 0 Å². The monoisotopic (exact) mass is 567 g/mol. The van der Waals surface area contributed by atoms with Crippen molar-refractivity contribution in [2.24, 2.45) is 0 Å². The molecule has 4 rings (SSSR count). The van der Waals surface area contributed by atoms with Gasteiger partial charge in [-0.15, -0.1) is 0 Å². The van der Waals surface area contributed by atoms with Crippen LogP contribution >= 0.6 is 23.2 Å². The Morgan fingerprint density at radius 1 is 0.897 bits per heavy atom. The molecule has 1 aliphatic rings. The Kier molecular flexibility index (Phi) is 8.23. The second-order valence-corrected chi connectivity index (χ2v) is 9.45. The Morgan fingerprint density at radius 3 is 2.28 bits per heavy atom. The van der Waals surface area contributed by atoms with Gasteiger partial charge in [0, 0.05) is 16.3 Å². The average Bonchev–Trinajstić information content (AvgIpc) is 3.11. The summed E-state index contributed by atoms with van der Waals surface area (Å²) in [7, 11) is 1.48. The smallest absolute Gasteiger partial charge is 0.338 e. The maximum Gasteiger partial charge on any atom is 0.338 e. The first-order valence-electron chi connectivity index (χ1n) is 11.7. The molecule has 0 saturated carbocycles. The van der Waals surface area contributed by atoms with E-state index >= 15 is 0 Å². The zero-order valence-electron chi connectivity index (χ0n) is 21.1. The van der Waals surface area contributed by atoms with E-state index in [9.17, 15) is 19.2 Å². The number of imide groups is 1. The third-order valence-corrected chi connectivity index (χ3v) is 6.12. The number of benzene rings is 3. The molecule has 0 bridgehead atoms. The Hall–Kier alpha value is -4.34. The zero-order chi connectivity index (χ0) is 28.3. The van der Waals surface area contributed by atoms with E-state index in [1.54, 1.807) is 44.2 Å². The summed E-state index contributed by atoms with van der Waals surface area (Å²) in [5.41, 5.74) is 1.36. The summed E-state index contributed by atoms with van der Waals surface area (Å²) in [6.45, 7) is 3.43. The molecule has 0 fully saturated rings. The molecule has 3 amide bonds. The van der Waals surface area contributed by atoms with Crippen molar-refractivity contribution in [3.63, 3.8) is 0 Å². The molecule has 0 radical (unpaired) electrons. The summed E-state index contributed by atoms with van der Waals surface area (Å²) < 4.78 is 10.4.